The van der Waals surface area contributed by atoms with E-state index >= 15 is 0 Å². The number of anilines is 1. The lowest BCUT2D eigenvalue weighted by atomic mass is 10.1. The molecule has 0 saturated heterocycles. The molecule has 0 aliphatic rings. The van der Waals surface area contributed by atoms with Gasteiger partial charge in [0.1, 0.15) is 0 Å². The molecule has 0 bridgehead atoms. The van der Waals surface area contributed by atoms with E-state index < -0.39 is 0 Å². The lowest BCUT2D eigenvalue weighted by Crippen LogP contribution is -1.91. The second-order valence-corrected chi connectivity index (χ2v) is 7.40. The Morgan fingerprint density at radius 1 is 0.786 bits per heavy atom. The summed E-state index contributed by atoms with van der Waals surface area (Å²) in [5.74, 6) is 0. The monoisotopic (exact) mass is 379 g/mol. The van der Waals surface area contributed by atoms with Gasteiger partial charge in [0.15, 0.2) is 0 Å². The summed E-state index contributed by atoms with van der Waals surface area (Å²) in [4.78, 5) is 4.67. The molecule has 0 fully saturated rings. The van der Waals surface area contributed by atoms with Gasteiger partial charge in [0, 0.05) is 16.5 Å². The van der Waals surface area contributed by atoms with Crippen LogP contribution in [0.3, 0.4) is 0 Å². The van der Waals surface area contributed by atoms with Crippen molar-refractivity contribution in [3.8, 4) is 11.3 Å². The predicted molar refractivity (Wildman–Crippen MR) is 120 cm³/mol. The van der Waals surface area contributed by atoms with E-state index in [0.717, 1.165) is 22.0 Å². The van der Waals surface area contributed by atoms with Gasteiger partial charge in [-0.2, -0.15) is 5.10 Å². The summed E-state index contributed by atoms with van der Waals surface area (Å²) in [6.07, 6.45) is 1.85. The van der Waals surface area contributed by atoms with Gasteiger partial charge in [-0.3, -0.25) is 5.43 Å². The molecule has 1 heterocycles. The first-order valence-electron chi connectivity index (χ1n) is 9.08. The number of benzene rings is 4. The minimum Gasteiger partial charge on any atom is -0.253 e. The van der Waals surface area contributed by atoms with Gasteiger partial charge >= 0.3 is 0 Å². The molecule has 0 radical (unpaired) electrons. The largest absolute Gasteiger partial charge is 0.253 e. The van der Waals surface area contributed by atoms with E-state index in [4.69, 9.17) is 0 Å². The Morgan fingerprint density at radius 2 is 1.57 bits per heavy atom. The minimum atomic E-state index is 0.777. The molecule has 4 aromatic carbocycles. The van der Waals surface area contributed by atoms with Crippen LogP contribution in [0.5, 0.6) is 0 Å². The molecule has 134 valence electrons. The van der Waals surface area contributed by atoms with Gasteiger partial charge in [-0.25, -0.2) is 4.98 Å². The molecule has 4 heteroatoms. The van der Waals surface area contributed by atoms with Crippen molar-refractivity contribution < 1.29 is 0 Å². The van der Waals surface area contributed by atoms with E-state index in [9.17, 15) is 0 Å². The van der Waals surface area contributed by atoms with Crippen molar-refractivity contribution in [1.29, 1.82) is 0 Å². The van der Waals surface area contributed by atoms with E-state index in [0.29, 0.717) is 0 Å². The van der Waals surface area contributed by atoms with E-state index in [2.05, 4.69) is 87.6 Å². The minimum absolute atomic E-state index is 0.777. The van der Waals surface area contributed by atoms with Crippen LogP contribution in [0.1, 0.15) is 5.56 Å². The first-order valence-corrected chi connectivity index (χ1v) is 9.96. The summed E-state index contributed by atoms with van der Waals surface area (Å²) >= 11 is 1.55. The van der Waals surface area contributed by atoms with Crippen molar-refractivity contribution >= 4 is 44.2 Å². The Labute approximate surface area is 167 Å². The normalized spacial score (nSPS) is 11.4. The second-order valence-electron chi connectivity index (χ2n) is 6.54. The van der Waals surface area contributed by atoms with E-state index in [1.54, 1.807) is 11.3 Å². The van der Waals surface area contributed by atoms with Crippen molar-refractivity contribution in [2.24, 2.45) is 5.10 Å². The van der Waals surface area contributed by atoms with Gasteiger partial charge in [-0.1, -0.05) is 78.9 Å². The smallest absolute Gasteiger partial charge is 0.203 e. The Hall–Kier alpha value is -3.50. The fourth-order valence-electron chi connectivity index (χ4n) is 3.33. The molecular weight excluding hydrogens is 362 g/mol. The third kappa shape index (κ3) is 3.26. The summed E-state index contributed by atoms with van der Waals surface area (Å²) in [5, 5.41) is 12.1. The van der Waals surface area contributed by atoms with Gasteiger partial charge < -0.3 is 0 Å². The summed E-state index contributed by atoms with van der Waals surface area (Å²) in [6, 6.07) is 29.3. The zero-order valence-electron chi connectivity index (χ0n) is 15.0. The number of hydrazone groups is 1. The maximum atomic E-state index is 4.67. The average Bonchev–Trinajstić information content (AvgIpc) is 3.22. The maximum Gasteiger partial charge on any atom is 0.203 e. The molecule has 1 N–H and O–H groups in total. The molecular formula is C24H17N3S. The van der Waals surface area contributed by atoms with Crippen LogP contribution in [0.2, 0.25) is 0 Å². The second kappa shape index (κ2) is 7.25. The van der Waals surface area contributed by atoms with Crippen molar-refractivity contribution in [2.45, 2.75) is 0 Å². The van der Waals surface area contributed by atoms with Gasteiger partial charge in [0.05, 0.1) is 11.9 Å². The summed E-state index contributed by atoms with van der Waals surface area (Å²) in [6.45, 7) is 0. The first kappa shape index (κ1) is 16.7. The summed E-state index contributed by atoms with van der Waals surface area (Å²) in [7, 11) is 0. The highest BCUT2D eigenvalue weighted by atomic mass is 32.1. The first-order chi connectivity index (χ1) is 13.9. The topological polar surface area (TPSA) is 37.3 Å². The third-order valence-corrected chi connectivity index (χ3v) is 5.48. The van der Waals surface area contributed by atoms with Crippen LogP contribution in [0, 0.1) is 0 Å². The highest BCUT2D eigenvalue weighted by molar-refractivity contribution is 7.14. The number of hydrogen-bond donors (Lipinski definition) is 1. The van der Waals surface area contributed by atoms with Crippen molar-refractivity contribution in [2.75, 3.05) is 5.43 Å². The number of thiazole rings is 1. The van der Waals surface area contributed by atoms with Crippen molar-refractivity contribution in [3.63, 3.8) is 0 Å². The number of hydrogen-bond acceptors (Lipinski definition) is 4. The van der Waals surface area contributed by atoms with Crippen LogP contribution >= 0.6 is 11.3 Å². The highest BCUT2D eigenvalue weighted by Gasteiger charge is 2.05. The van der Waals surface area contributed by atoms with Crippen LogP contribution in [-0.2, 0) is 0 Å². The van der Waals surface area contributed by atoms with Gasteiger partial charge in [0.25, 0.3) is 0 Å². The van der Waals surface area contributed by atoms with Gasteiger partial charge in [0.2, 0.25) is 5.13 Å². The number of rotatable bonds is 4. The van der Waals surface area contributed by atoms with Crippen LogP contribution in [0.4, 0.5) is 5.13 Å². The predicted octanol–water partition coefficient (Wildman–Crippen LogP) is 6.56. The maximum absolute atomic E-state index is 4.67. The number of nitrogens with one attached hydrogen (secondary N) is 1. The average molecular weight is 379 g/mol. The molecule has 0 saturated carbocycles. The van der Waals surface area contributed by atoms with Crippen LogP contribution in [-0.4, -0.2) is 11.2 Å². The Morgan fingerprint density at radius 3 is 2.50 bits per heavy atom. The van der Waals surface area contributed by atoms with Crippen LogP contribution < -0.4 is 5.43 Å². The number of fused-ring (bicyclic) bond motifs is 2. The van der Waals surface area contributed by atoms with E-state index in [1.165, 1.54) is 21.5 Å². The molecule has 5 aromatic rings. The zero-order chi connectivity index (χ0) is 18.8. The van der Waals surface area contributed by atoms with Crippen molar-refractivity contribution in [3.05, 3.63) is 95.9 Å². The molecule has 28 heavy (non-hydrogen) atoms. The molecule has 0 unspecified atom stereocenters. The zero-order valence-corrected chi connectivity index (χ0v) is 15.9. The summed E-state index contributed by atoms with van der Waals surface area (Å²) < 4.78 is 0. The standard InChI is InChI=1S/C24H17N3S/c1-2-8-19-14-20(13-12-17(19)6-1)23-16-28-24(26-23)27-25-15-21-10-5-9-18-7-3-4-11-22(18)21/h1-16H,(H,26,27)/b25-15+. The SMILES string of the molecule is C(=N\Nc1nc(-c2ccc3ccccc3c2)cs1)/c1cccc2ccccc12. The quantitative estimate of drug-likeness (QED) is 0.283. The molecule has 0 spiro atoms. The Kier molecular flexibility index (Phi) is 4.31. The van der Waals surface area contributed by atoms with Crippen LogP contribution in [0.25, 0.3) is 32.8 Å². The molecule has 0 amide bonds. The van der Waals surface area contributed by atoms with Gasteiger partial charge in [-0.05, 0) is 27.6 Å². The molecule has 0 aliphatic heterocycles. The number of aromatic nitrogens is 1. The number of nitrogens with zero attached hydrogens (tertiary/aromatic N) is 2. The summed E-state index contributed by atoms with van der Waals surface area (Å²) in [5.41, 5.74) is 6.21. The Balaban J connectivity index is 1.36. The molecule has 5 rings (SSSR count). The molecule has 1 aromatic heterocycles. The highest BCUT2D eigenvalue weighted by Crippen LogP contribution is 2.27. The van der Waals surface area contributed by atoms with E-state index in [-0.39, 0.29) is 0 Å². The lowest BCUT2D eigenvalue weighted by Gasteiger charge is -2.01. The lowest BCUT2D eigenvalue weighted by molar-refractivity contribution is 1.29. The molecule has 0 atom stereocenters. The fourth-order valence-corrected chi connectivity index (χ4v) is 3.99. The third-order valence-electron chi connectivity index (χ3n) is 4.74. The Bertz CT molecular complexity index is 1300. The fraction of sp³-hybridized carbons (Fsp3) is 0. The molecule has 3 nitrogen and oxygen atoms in total. The van der Waals surface area contributed by atoms with Crippen molar-refractivity contribution in [1.82, 2.24) is 4.98 Å². The molecule has 0 aliphatic carbocycles. The van der Waals surface area contributed by atoms with E-state index in [1.807, 2.05) is 24.4 Å². The van der Waals surface area contributed by atoms with Gasteiger partial charge in [-0.15, -0.1) is 11.3 Å². The van der Waals surface area contributed by atoms with Crippen LogP contribution in [0.15, 0.2) is 95.4 Å².